The van der Waals surface area contributed by atoms with E-state index in [4.69, 9.17) is 0 Å². The molecule has 1 N–H and O–H groups in total. The van der Waals surface area contributed by atoms with Crippen LogP contribution < -0.4 is 5.32 Å². The lowest BCUT2D eigenvalue weighted by atomic mass is 9.97. The summed E-state index contributed by atoms with van der Waals surface area (Å²) in [5.41, 5.74) is 1.16. The van der Waals surface area contributed by atoms with E-state index in [0.29, 0.717) is 19.4 Å². The molecule has 1 amide bonds. The second kappa shape index (κ2) is 10.1. The Morgan fingerprint density at radius 2 is 1.70 bits per heavy atom. The highest BCUT2D eigenvalue weighted by molar-refractivity contribution is 7.88. The zero-order valence-corrected chi connectivity index (χ0v) is 17.5. The molecular weight excluding hydrogens is 410 g/mol. The summed E-state index contributed by atoms with van der Waals surface area (Å²) < 4.78 is 53.2. The van der Waals surface area contributed by atoms with E-state index in [2.05, 4.69) is 5.32 Å². The minimum absolute atomic E-state index is 0.0692. The van der Waals surface area contributed by atoms with Gasteiger partial charge in [-0.2, -0.15) is 0 Å². The third kappa shape index (κ3) is 6.09. The van der Waals surface area contributed by atoms with Gasteiger partial charge in [0.15, 0.2) is 0 Å². The number of carbonyl (C=O) groups excluding carboxylic acids is 1. The van der Waals surface area contributed by atoms with Crippen LogP contribution in [0.1, 0.15) is 30.4 Å². The summed E-state index contributed by atoms with van der Waals surface area (Å²) >= 11 is 0. The standard InChI is InChI=1S/C22H26F2N2O3S/c23-20-9-7-17(8-10-20)4-3-13-25-22(27)18-11-14-26(15-12-18)30(28,29)16-19-5-1-2-6-21(19)24/h1-2,5-10,18H,3-4,11-16H2,(H,25,27). The summed E-state index contributed by atoms with van der Waals surface area (Å²) in [6.07, 6.45) is 2.38. The van der Waals surface area contributed by atoms with Crippen molar-refractivity contribution in [2.75, 3.05) is 19.6 Å². The largest absolute Gasteiger partial charge is 0.356 e. The molecule has 1 heterocycles. The highest BCUT2D eigenvalue weighted by Crippen LogP contribution is 2.22. The van der Waals surface area contributed by atoms with Gasteiger partial charge in [0.05, 0.1) is 5.75 Å². The number of aryl methyl sites for hydroxylation is 1. The van der Waals surface area contributed by atoms with Gasteiger partial charge in [-0.15, -0.1) is 0 Å². The number of sulfonamides is 1. The van der Waals surface area contributed by atoms with Crippen molar-refractivity contribution in [1.29, 1.82) is 0 Å². The maximum Gasteiger partial charge on any atom is 0.223 e. The van der Waals surface area contributed by atoms with Gasteiger partial charge in [0.25, 0.3) is 0 Å². The van der Waals surface area contributed by atoms with Crippen LogP contribution in [0.15, 0.2) is 48.5 Å². The van der Waals surface area contributed by atoms with Crippen molar-refractivity contribution in [2.24, 2.45) is 5.92 Å². The van der Waals surface area contributed by atoms with Gasteiger partial charge in [-0.05, 0) is 49.4 Å². The first-order valence-corrected chi connectivity index (χ1v) is 11.7. The van der Waals surface area contributed by atoms with Crippen LogP contribution in [0, 0.1) is 17.6 Å². The molecule has 2 aromatic carbocycles. The second-order valence-corrected chi connectivity index (χ2v) is 9.51. The van der Waals surface area contributed by atoms with Gasteiger partial charge < -0.3 is 5.32 Å². The van der Waals surface area contributed by atoms with E-state index >= 15 is 0 Å². The van der Waals surface area contributed by atoms with Gasteiger partial charge in [0.2, 0.25) is 15.9 Å². The zero-order chi connectivity index (χ0) is 21.6. The van der Waals surface area contributed by atoms with Crippen molar-refractivity contribution in [1.82, 2.24) is 9.62 Å². The fourth-order valence-electron chi connectivity index (χ4n) is 3.60. The molecule has 2 aromatic rings. The first-order valence-electron chi connectivity index (χ1n) is 10.1. The van der Waals surface area contributed by atoms with Crippen LogP contribution in [0.4, 0.5) is 8.78 Å². The first kappa shape index (κ1) is 22.4. The van der Waals surface area contributed by atoms with Crippen LogP contribution in [0.3, 0.4) is 0 Å². The third-order valence-electron chi connectivity index (χ3n) is 5.37. The van der Waals surface area contributed by atoms with E-state index < -0.39 is 15.8 Å². The van der Waals surface area contributed by atoms with Crippen LogP contribution in [-0.4, -0.2) is 38.3 Å². The van der Waals surface area contributed by atoms with Crippen molar-refractivity contribution >= 4 is 15.9 Å². The average Bonchev–Trinajstić information content (AvgIpc) is 2.74. The Bertz CT molecular complexity index is 957. The van der Waals surface area contributed by atoms with E-state index in [1.807, 2.05) is 0 Å². The lowest BCUT2D eigenvalue weighted by Crippen LogP contribution is -2.43. The van der Waals surface area contributed by atoms with Gasteiger partial charge in [-0.1, -0.05) is 30.3 Å². The number of halogens is 2. The number of rotatable bonds is 8. The molecule has 1 aliphatic heterocycles. The molecule has 8 heteroatoms. The summed E-state index contributed by atoms with van der Waals surface area (Å²) in [6.45, 7) is 1.02. The van der Waals surface area contributed by atoms with Crippen LogP contribution >= 0.6 is 0 Å². The molecule has 1 saturated heterocycles. The Morgan fingerprint density at radius 1 is 1.03 bits per heavy atom. The molecule has 0 atom stereocenters. The van der Waals surface area contributed by atoms with Crippen molar-refractivity contribution in [3.63, 3.8) is 0 Å². The molecule has 0 aliphatic carbocycles. The Balaban J connectivity index is 1.41. The normalized spacial score (nSPS) is 15.8. The van der Waals surface area contributed by atoms with Gasteiger partial charge in [-0.3, -0.25) is 4.79 Å². The van der Waals surface area contributed by atoms with Crippen LogP contribution in [0.25, 0.3) is 0 Å². The smallest absolute Gasteiger partial charge is 0.223 e. The fraction of sp³-hybridized carbons (Fsp3) is 0.409. The van der Waals surface area contributed by atoms with Crippen molar-refractivity contribution in [2.45, 2.75) is 31.4 Å². The minimum Gasteiger partial charge on any atom is -0.356 e. The Labute approximate surface area is 176 Å². The van der Waals surface area contributed by atoms with E-state index in [1.54, 1.807) is 18.2 Å². The number of hydrogen-bond donors (Lipinski definition) is 1. The molecule has 1 aliphatic rings. The third-order valence-corrected chi connectivity index (χ3v) is 7.20. The molecule has 0 aromatic heterocycles. The number of piperidine rings is 1. The number of benzene rings is 2. The van der Waals surface area contributed by atoms with E-state index in [0.717, 1.165) is 18.4 Å². The highest BCUT2D eigenvalue weighted by atomic mass is 32.2. The first-order chi connectivity index (χ1) is 14.3. The maximum absolute atomic E-state index is 13.8. The summed E-state index contributed by atoms with van der Waals surface area (Å²) in [4.78, 5) is 12.4. The topological polar surface area (TPSA) is 66.5 Å². The quantitative estimate of drug-likeness (QED) is 0.646. The summed E-state index contributed by atoms with van der Waals surface area (Å²) in [5, 5.41) is 2.90. The maximum atomic E-state index is 13.8. The highest BCUT2D eigenvalue weighted by Gasteiger charge is 2.31. The number of nitrogens with zero attached hydrogens (tertiary/aromatic N) is 1. The average molecular weight is 437 g/mol. The second-order valence-electron chi connectivity index (χ2n) is 7.54. The predicted octanol–water partition coefficient (Wildman–Crippen LogP) is 3.26. The van der Waals surface area contributed by atoms with Crippen molar-refractivity contribution < 1.29 is 22.0 Å². The van der Waals surface area contributed by atoms with Gasteiger partial charge in [-0.25, -0.2) is 21.5 Å². The van der Waals surface area contributed by atoms with E-state index in [9.17, 15) is 22.0 Å². The van der Waals surface area contributed by atoms with Crippen molar-refractivity contribution in [3.8, 4) is 0 Å². The Morgan fingerprint density at radius 3 is 2.37 bits per heavy atom. The van der Waals surface area contributed by atoms with Crippen molar-refractivity contribution in [3.05, 3.63) is 71.3 Å². The van der Waals surface area contributed by atoms with E-state index in [1.165, 1.54) is 34.6 Å². The molecule has 0 unspecified atom stereocenters. The molecule has 0 radical (unpaired) electrons. The predicted molar refractivity (Wildman–Crippen MR) is 111 cm³/mol. The summed E-state index contributed by atoms with van der Waals surface area (Å²) in [5.74, 6) is -1.47. The number of nitrogens with one attached hydrogen (secondary N) is 1. The lowest BCUT2D eigenvalue weighted by molar-refractivity contribution is -0.126. The number of carbonyl (C=O) groups is 1. The Kier molecular flexibility index (Phi) is 7.55. The van der Waals surface area contributed by atoms with Crippen LogP contribution in [0.5, 0.6) is 0 Å². The number of hydrogen-bond acceptors (Lipinski definition) is 3. The molecule has 30 heavy (non-hydrogen) atoms. The molecule has 162 valence electrons. The summed E-state index contributed by atoms with van der Waals surface area (Å²) in [6, 6.07) is 12.2. The molecule has 1 fully saturated rings. The van der Waals surface area contributed by atoms with E-state index in [-0.39, 0.29) is 42.0 Å². The van der Waals surface area contributed by atoms with Crippen LogP contribution in [0.2, 0.25) is 0 Å². The molecular formula is C22H26F2N2O3S. The molecule has 0 spiro atoms. The SMILES string of the molecule is O=C(NCCCc1ccc(F)cc1)C1CCN(S(=O)(=O)Cc2ccccc2F)CC1. The molecule has 3 rings (SSSR count). The molecule has 0 bridgehead atoms. The monoisotopic (exact) mass is 436 g/mol. The van der Waals surface area contributed by atoms with Gasteiger partial charge in [0, 0.05) is 31.1 Å². The molecule has 0 saturated carbocycles. The summed E-state index contributed by atoms with van der Waals surface area (Å²) in [7, 11) is -3.63. The minimum atomic E-state index is -3.63. The Hall–Kier alpha value is -2.32. The zero-order valence-electron chi connectivity index (χ0n) is 16.7. The lowest BCUT2D eigenvalue weighted by Gasteiger charge is -2.30. The van der Waals surface area contributed by atoms with Gasteiger partial charge >= 0.3 is 0 Å². The van der Waals surface area contributed by atoms with Crippen LogP contribution in [-0.2, 0) is 27.0 Å². The van der Waals surface area contributed by atoms with Gasteiger partial charge in [0.1, 0.15) is 11.6 Å². The number of amides is 1. The molecule has 5 nitrogen and oxygen atoms in total. The fourth-order valence-corrected chi connectivity index (χ4v) is 5.18.